The first-order chi connectivity index (χ1) is 16.9. The van der Waals surface area contributed by atoms with Crippen molar-refractivity contribution in [2.24, 2.45) is 5.92 Å². The Labute approximate surface area is 207 Å². The number of furan rings is 1. The fraction of sp³-hybridized carbons (Fsp3) is 0.429. The zero-order chi connectivity index (χ0) is 25.4. The topological polar surface area (TPSA) is 83.2 Å². The van der Waals surface area contributed by atoms with E-state index in [-0.39, 0.29) is 18.4 Å². The van der Waals surface area contributed by atoms with Crippen molar-refractivity contribution in [1.82, 2.24) is 9.80 Å². The van der Waals surface area contributed by atoms with Crippen LogP contribution in [0.1, 0.15) is 44.4 Å². The van der Waals surface area contributed by atoms with Crippen molar-refractivity contribution in [2.75, 3.05) is 33.3 Å². The number of aliphatic carboxylic acids is 1. The van der Waals surface area contributed by atoms with Crippen LogP contribution < -0.4 is 4.74 Å². The van der Waals surface area contributed by atoms with E-state index in [1.807, 2.05) is 63.4 Å². The zero-order valence-corrected chi connectivity index (χ0v) is 21.1. The molecule has 3 aromatic rings. The molecule has 0 aliphatic carbocycles. The molecule has 1 unspecified atom stereocenters. The number of carbonyl (C=O) groups is 2. The summed E-state index contributed by atoms with van der Waals surface area (Å²) < 4.78 is 10.9. The molecule has 0 spiro atoms. The molecular formula is C28H36N2O5. The van der Waals surface area contributed by atoms with Gasteiger partial charge in [0.2, 0.25) is 5.91 Å². The van der Waals surface area contributed by atoms with Crippen molar-refractivity contribution in [1.29, 1.82) is 0 Å². The van der Waals surface area contributed by atoms with E-state index in [1.165, 1.54) is 0 Å². The highest BCUT2D eigenvalue weighted by Gasteiger charge is 2.28. The van der Waals surface area contributed by atoms with Gasteiger partial charge in [-0.1, -0.05) is 45.0 Å². The summed E-state index contributed by atoms with van der Waals surface area (Å²) >= 11 is 0. The van der Waals surface area contributed by atoms with Gasteiger partial charge in [-0.3, -0.25) is 4.79 Å². The third-order valence-electron chi connectivity index (χ3n) is 6.33. The van der Waals surface area contributed by atoms with Crippen molar-refractivity contribution >= 4 is 22.8 Å². The largest absolute Gasteiger partial charge is 0.482 e. The van der Waals surface area contributed by atoms with Gasteiger partial charge in [-0.2, -0.15) is 0 Å². The monoisotopic (exact) mass is 480 g/mol. The number of carboxylic acids is 1. The first-order valence-electron chi connectivity index (χ1n) is 12.3. The van der Waals surface area contributed by atoms with Gasteiger partial charge in [0.25, 0.3) is 0 Å². The predicted octanol–water partition coefficient (Wildman–Crippen LogP) is 5.01. The maximum absolute atomic E-state index is 13.4. The number of carboxylic acid groups (broad SMARTS) is 1. The van der Waals surface area contributed by atoms with Gasteiger partial charge in [0.15, 0.2) is 6.61 Å². The molecule has 188 valence electrons. The van der Waals surface area contributed by atoms with Crippen LogP contribution in [0.4, 0.5) is 0 Å². The number of amides is 1. The molecule has 0 bridgehead atoms. The standard InChI is InChI=1S/C26H30N2O5.C2H6/c1-18-9-11-28(15-18)16-23(20-6-3-7-21(13-20)33-17-26(30)31)27(2)25(29)14-19-5-4-8-24-22(19)10-12-32-24;1-2/h3-8,10,12-13,18,23H,9,11,14-17H2,1-2H3,(H,30,31);1-2H3/t18?,23-;/m1./s1. The minimum absolute atomic E-state index is 0.0119. The van der Waals surface area contributed by atoms with Crippen LogP contribution in [0.25, 0.3) is 11.0 Å². The second-order valence-corrected chi connectivity index (χ2v) is 8.86. The van der Waals surface area contributed by atoms with E-state index in [0.717, 1.165) is 41.6 Å². The molecule has 2 heterocycles. The average Bonchev–Trinajstić information content (AvgIpc) is 3.51. The highest BCUT2D eigenvalue weighted by molar-refractivity contribution is 5.87. The summed E-state index contributed by atoms with van der Waals surface area (Å²) in [5.74, 6) is 0.107. The van der Waals surface area contributed by atoms with Gasteiger partial charge in [0, 0.05) is 25.5 Å². The Morgan fingerprint density at radius 3 is 2.69 bits per heavy atom. The lowest BCUT2D eigenvalue weighted by Crippen LogP contribution is -2.39. The smallest absolute Gasteiger partial charge is 0.341 e. The van der Waals surface area contributed by atoms with Gasteiger partial charge < -0.3 is 24.1 Å². The fourth-order valence-electron chi connectivity index (χ4n) is 4.52. The van der Waals surface area contributed by atoms with Crippen LogP contribution in [-0.4, -0.2) is 60.1 Å². The van der Waals surface area contributed by atoms with Crippen LogP contribution in [0.3, 0.4) is 0 Å². The van der Waals surface area contributed by atoms with Crippen LogP contribution in [-0.2, 0) is 16.0 Å². The summed E-state index contributed by atoms with van der Waals surface area (Å²) in [7, 11) is 1.84. The molecule has 1 N–H and O–H groups in total. The Hall–Kier alpha value is -3.32. The van der Waals surface area contributed by atoms with Gasteiger partial charge in [-0.15, -0.1) is 0 Å². The van der Waals surface area contributed by atoms with E-state index >= 15 is 0 Å². The molecular weight excluding hydrogens is 444 g/mol. The summed E-state index contributed by atoms with van der Waals surface area (Å²) in [4.78, 5) is 28.5. The highest BCUT2D eigenvalue weighted by atomic mass is 16.5. The SMILES string of the molecule is CC.CC1CCN(C[C@H](c2cccc(OCC(=O)O)c2)N(C)C(=O)Cc2cccc3occc23)C1. The van der Waals surface area contributed by atoms with Crippen molar-refractivity contribution in [3.8, 4) is 5.75 Å². The Morgan fingerprint density at radius 2 is 1.97 bits per heavy atom. The summed E-state index contributed by atoms with van der Waals surface area (Å²) in [6.45, 7) is 8.56. The van der Waals surface area contributed by atoms with Crippen molar-refractivity contribution < 1.29 is 23.8 Å². The number of likely N-dealkylation sites (tertiary alicyclic amines) is 1. The van der Waals surface area contributed by atoms with Gasteiger partial charge in [-0.25, -0.2) is 4.79 Å². The van der Waals surface area contributed by atoms with Gasteiger partial charge in [0.05, 0.1) is 18.7 Å². The van der Waals surface area contributed by atoms with Gasteiger partial charge >= 0.3 is 5.97 Å². The van der Waals surface area contributed by atoms with E-state index in [4.69, 9.17) is 14.3 Å². The zero-order valence-electron chi connectivity index (χ0n) is 21.1. The predicted molar refractivity (Wildman–Crippen MR) is 137 cm³/mol. The van der Waals surface area contributed by atoms with Crippen molar-refractivity contribution in [2.45, 2.75) is 39.7 Å². The Balaban J connectivity index is 0.00000167. The maximum Gasteiger partial charge on any atom is 0.341 e. The summed E-state index contributed by atoms with van der Waals surface area (Å²) in [6.07, 6.45) is 3.06. The van der Waals surface area contributed by atoms with Crippen LogP contribution >= 0.6 is 0 Å². The lowest BCUT2D eigenvalue weighted by Gasteiger charge is -2.32. The molecule has 7 nitrogen and oxygen atoms in total. The summed E-state index contributed by atoms with van der Waals surface area (Å²) in [5.41, 5.74) is 2.63. The van der Waals surface area contributed by atoms with Crippen LogP contribution in [0.2, 0.25) is 0 Å². The first-order valence-corrected chi connectivity index (χ1v) is 12.3. The third kappa shape index (κ3) is 6.85. The molecule has 0 radical (unpaired) electrons. The molecule has 1 aliphatic heterocycles. The molecule has 0 saturated carbocycles. The summed E-state index contributed by atoms with van der Waals surface area (Å²) in [6, 6.07) is 14.9. The number of rotatable bonds is 9. The molecule has 2 atom stereocenters. The maximum atomic E-state index is 13.4. The lowest BCUT2D eigenvalue weighted by molar-refractivity contribution is -0.139. The number of likely N-dealkylation sites (N-methyl/N-ethyl adjacent to an activating group) is 1. The van der Waals surface area contributed by atoms with Crippen molar-refractivity contribution in [3.63, 3.8) is 0 Å². The van der Waals surface area contributed by atoms with E-state index < -0.39 is 12.6 Å². The van der Waals surface area contributed by atoms with Crippen LogP contribution in [0.5, 0.6) is 5.75 Å². The van der Waals surface area contributed by atoms with Gasteiger partial charge in [0.1, 0.15) is 11.3 Å². The number of hydrogen-bond acceptors (Lipinski definition) is 5. The second kappa shape index (κ2) is 12.4. The number of hydrogen-bond donors (Lipinski definition) is 1. The second-order valence-electron chi connectivity index (χ2n) is 8.86. The minimum Gasteiger partial charge on any atom is -0.482 e. The Morgan fingerprint density at radius 1 is 1.20 bits per heavy atom. The van der Waals surface area contributed by atoms with Crippen LogP contribution in [0.15, 0.2) is 59.2 Å². The molecule has 1 aromatic heterocycles. The number of carbonyl (C=O) groups excluding carboxylic acids is 1. The molecule has 1 aliphatic rings. The van der Waals surface area contributed by atoms with E-state index in [2.05, 4.69) is 11.8 Å². The molecule has 1 amide bonds. The van der Waals surface area contributed by atoms with Gasteiger partial charge in [-0.05, 0) is 54.3 Å². The molecule has 7 heteroatoms. The number of fused-ring (bicyclic) bond motifs is 1. The first kappa shape index (κ1) is 26.3. The normalized spacial score (nSPS) is 16.4. The highest BCUT2D eigenvalue weighted by Crippen LogP contribution is 2.28. The Bertz CT molecular complexity index is 1130. The average molecular weight is 481 g/mol. The number of benzene rings is 2. The van der Waals surface area contributed by atoms with E-state index in [9.17, 15) is 9.59 Å². The van der Waals surface area contributed by atoms with Crippen molar-refractivity contribution in [3.05, 3.63) is 65.9 Å². The van der Waals surface area contributed by atoms with E-state index in [0.29, 0.717) is 18.2 Å². The molecule has 35 heavy (non-hydrogen) atoms. The summed E-state index contributed by atoms with van der Waals surface area (Å²) in [5, 5.41) is 9.89. The number of ether oxygens (including phenoxy) is 1. The third-order valence-corrected chi connectivity index (χ3v) is 6.33. The number of nitrogens with zero attached hydrogens (tertiary/aromatic N) is 2. The molecule has 1 saturated heterocycles. The molecule has 2 aromatic carbocycles. The minimum atomic E-state index is -1.02. The molecule has 4 rings (SSSR count). The van der Waals surface area contributed by atoms with Crippen LogP contribution in [0, 0.1) is 5.92 Å². The lowest BCUT2D eigenvalue weighted by atomic mass is 10.0. The fourth-order valence-corrected chi connectivity index (χ4v) is 4.52. The molecule has 1 fully saturated rings. The van der Waals surface area contributed by atoms with E-state index in [1.54, 1.807) is 17.2 Å². The Kier molecular flexibility index (Phi) is 9.32. The quantitative estimate of drug-likeness (QED) is 0.464.